The molecule has 0 aliphatic heterocycles. The lowest BCUT2D eigenvalue weighted by molar-refractivity contribution is 0.173. The van der Waals surface area contributed by atoms with Gasteiger partial charge in [-0.3, -0.25) is 4.57 Å². The molecule has 1 N–H and O–H groups in total. The van der Waals surface area contributed by atoms with Crippen molar-refractivity contribution in [1.29, 1.82) is 0 Å². The molecule has 11 nitrogen and oxygen atoms in total. The van der Waals surface area contributed by atoms with Crippen molar-refractivity contribution >= 4 is 15.4 Å². The van der Waals surface area contributed by atoms with E-state index >= 15 is 0 Å². The van der Waals surface area contributed by atoms with Crippen LogP contribution in [0, 0.1) is 6.92 Å². The lowest BCUT2D eigenvalue weighted by atomic mass is 10.2. The van der Waals surface area contributed by atoms with Crippen LogP contribution in [0.5, 0.6) is 11.5 Å². The third-order valence-electron chi connectivity index (χ3n) is 6.41. The second kappa shape index (κ2) is 9.95. The highest BCUT2D eigenvalue weighted by atomic mass is 32.2. The van der Waals surface area contributed by atoms with E-state index in [4.69, 9.17) is 13.9 Å². The maximum Gasteiger partial charge on any atom is 0.204 e. The van der Waals surface area contributed by atoms with Crippen molar-refractivity contribution in [3.8, 4) is 28.8 Å². The number of ether oxygens (including phenoxy) is 2. The van der Waals surface area contributed by atoms with E-state index in [9.17, 15) is 13.5 Å². The van der Waals surface area contributed by atoms with Gasteiger partial charge in [-0.15, -0.1) is 10.2 Å². The molecule has 1 aromatic carbocycles. The van der Waals surface area contributed by atoms with Crippen LogP contribution in [-0.2, 0) is 15.6 Å². The second-order valence-electron chi connectivity index (χ2n) is 8.78. The van der Waals surface area contributed by atoms with Gasteiger partial charge < -0.3 is 23.4 Å². The summed E-state index contributed by atoms with van der Waals surface area (Å²) in [6.45, 7) is 3.25. The van der Waals surface area contributed by atoms with Gasteiger partial charge in [-0.25, -0.2) is 13.4 Å². The van der Waals surface area contributed by atoms with E-state index in [0.717, 1.165) is 0 Å². The van der Waals surface area contributed by atoms with Gasteiger partial charge in [0.05, 0.1) is 37.0 Å². The summed E-state index contributed by atoms with van der Waals surface area (Å²) in [6.07, 6.45) is 1.95. The molecule has 0 aliphatic carbocycles. The molecule has 5 aromatic rings. The maximum atomic E-state index is 13.7. The number of rotatable bonds is 9. The number of imidazole rings is 1. The third-order valence-corrected chi connectivity index (χ3v) is 8.46. The SMILES string of the molecule is COc1cccc(OC)c1-n1c(CS(=O)(=O)[C@@H](C)[C@@H](O)c2ncn3ccccc23)nnc1-c1ccc(C)o1. The quantitative estimate of drug-likeness (QED) is 0.300. The topological polar surface area (TPSA) is 134 Å². The Kier molecular flexibility index (Phi) is 6.67. The van der Waals surface area contributed by atoms with Crippen LogP contribution < -0.4 is 9.47 Å². The number of aliphatic hydroxyl groups is 1. The van der Waals surface area contributed by atoms with Crippen LogP contribution >= 0.6 is 0 Å². The van der Waals surface area contributed by atoms with Gasteiger partial charge in [-0.05, 0) is 50.2 Å². The smallest absolute Gasteiger partial charge is 0.204 e. The summed E-state index contributed by atoms with van der Waals surface area (Å²) in [5.41, 5.74) is 1.32. The first kappa shape index (κ1) is 25.5. The summed E-state index contributed by atoms with van der Waals surface area (Å²) in [6, 6.07) is 14.1. The fourth-order valence-corrected chi connectivity index (χ4v) is 5.66. The van der Waals surface area contributed by atoms with E-state index in [1.54, 1.807) is 64.6 Å². The van der Waals surface area contributed by atoms with Crippen LogP contribution in [0.4, 0.5) is 0 Å². The molecule has 0 fully saturated rings. The summed E-state index contributed by atoms with van der Waals surface area (Å²) in [5.74, 6) is 1.74. The van der Waals surface area contributed by atoms with Crippen LogP contribution in [-0.4, -0.2) is 57.1 Å². The number of hydrogen-bond donors (Lipinski definition) is 1. The first-order valence-electron chi connectivity index (χ1n) is 11.8. The Bertz CT molecular complexity index is 1680. The van der Waals surface area contributed by atoms with E-state index in [1.807, 2.05) is 6.07 Å². The van der Waals surface area contributed by atoms with Gasteiger partial charge in [0.1, 0.15) is 34.8 Å². The molecular formula is C26H27N5O6S. The first-order valence-corrected chi connectivity index (χ1v) is 13.5. The molecule has 0 radical (unpaired) electrons. The van der Waals surface area contributed by atoms with Gasteiger partial charge in [0.25, 0.3) is 0 Å². The normalized spacial score (nSPS) is 13.5. The molecular weight excluding hydrogens is 510 g/mol. The Balaban J connectivity index is 1.59. The third kappa shape index (κ3) is 4.41. The number of benzene rings is 1. The minimum absolute atomic E-state index is 0.102. The van der Waals surface area contributed by atoms with Crippen LogP contribution in [0.1, 0.15) is 30.3 Å². The van der Waals surface area contributed by atoms with Crippen molar-refractivity contribution in [2.24, 2.45) is 0 Å². The van der Waals surface area contributed by atoms with Crippen molar-refractivity contribution in [1.82, 2.24) is 24.1 Å². The lowest BCUT2D eigenvalue weighted by Crippen LogP contribution is -2.28. The molecule has 0 saturated carbocycles. The molecule has 0 amide bonds. The minimum atomic E-state index is -3.98. The molecule has 0 bridgehead atoms. The Morgan fingerprint density at radius 1 is 1.03 bits per heavy atom. The number of aliphatic hydroxyl groups excluding tert-OH is 1. The van der Waals surface area contributed by atoms with Gasteiger partial charge in [0, 0.05) is 6.20 Å². The Morgan fingerprint density at radius 3 is 2.42 bits per heavy atom. The summed E-state index contributed by atoms with van der Waals surface area (Å²) < 4.78 is 47.5. The summed E-state index contributed by atoms with van der Waals surface area (Å²) in [4.78, 5) is 4.26. The number of aromatic nitrogens is 5. The lowest BCUT2D eigenvalue weighted by Gasteiger charge is -2.20. The first-order chi connectivity index (χ1) is 18.2. The zero-order chi connectivity index (χ0) is 27.0. The fraction of sp³-hybridized carbons (Fsp3) is 0.269. The predicted octanol–water partition coefficient (Wildman–Crippen LogP) is 3.54. The van der Waals surface area contributed by atoms with E-state index in [0.29, 0.717) is 34.2 Å². The van der Waals surface area contributed by atoms with Crippen molar-refractivity contribution in [3.63, 3.8) is 0 Å². The van der Waals surface area contributed by atoms with Gasteiger partial charge in [-0.1, -0.05) is 12.1 Å². The monoisotopic (exact) mass is 537 g/mol. The van der Waals surface area contributed by atoms with E-state index in [1.165, 1.54) is 27.5 Å². The van der Waals surface area contributed by atoms with Crippen LogP contribution in [0.2, 0.25) is 0 Å². The Morgan fingerprint density at radius 2 is 1.76 bits per heavy atom. The largest absolute Gasteiger partial charge is 0.494 e. The molecule has 198 valence electrons. The molecule has 38 heavy (non-hydrogen) atoms. The molecule has 4 aromatic heterocycles. The summed E-state index contributed by atoms with van der Waals surface area (Å²) in [7, 11) is -0.969. The number of fused-ring (bicyclic) bond motifs is 1. The Hall–Kier alpha value is -4.16. The van der Waals surface area contributed by atoms with E-state index in [2.05, 4.69) is 15.2 Å². The number of para-hydroxylation sites is 1. The number of pyridine rings is 1. The molecule has 0 aliphatic rings. The molecule has 12 heteroatoms. The van der Waals surface area contributed by atoms with Crippen molar-refractivity contribution in [3.05, 3.63) is 78.3 Å². The number of aryl methyl sites for hydroxylation is 1. The molecule has 5 rings (SSSR count). The van der Waals surface area contributed by atoms with Crippen LogP contribution in [0.25, 0.3) is 22.8 Å². The predicted molar refractivity (Wildman–Crippen MR) is 139 cm³/mol. The number of furan rings is 1. The molecule has 0 spiro atoms. The van der Waals surface area contributed by atoms with Gasteiger partial charge >= 0.3 is 0 Å². The van der Waals surface area contributed by atoms with E-state index in [-0.39, 0.29) is 17.3 Å². The van der Waals surface area contributed by atoms with Crippen molar-refractivity contribution in [2.45, 2.75) is 31.0 Å². The zero-order valence-corrected chi connectivity index (χ0v) is 22.1. The van der Waals surface area contributed by atoms with Gasteiger partial charge in [0.2, 0.25) is 5.82 Å². The maximum absolute atomic E-state index is 13.7. The zero-order valence-electron chi connectivity index (χ0n) is 21.3. The van der Waals surface area contributed by atoms with Crippen LogP contribution in [0.15, 0.2) is 65.5 Å². The van der Waals surface area contributed by atoms with Crippen molar-refractivity contribution < 1.29 is 27.4 Å². The highest BCUT2D eigenvalue weighted by Gasteiger charge is 2.34. The molecule has 0 saturated heterocycles. The molecule has 4 heterocycles. The Labute approximate surface area is 219 Å². The summed E-state index contributed by atoms with van der Waals surface area (Å²) >= 11 is 0. The highest BCUT2D eigenvalue weighted by molar-refractivity contribution is 7.91. The van der Waals surface area contributed by atoms with Crippen LogP contribution in [0.3, 0.4) is 0 Å². The standard InChI is InChI=1S/C26H27N5O6S/c1-16-11-12-21(37-16)26-29-28-22(31(26)24-19(35-3)9-7-10-20(24)36-4)14-38(33,34)17(2)25(32)23-18-8-5-6-13-30(18)15-27-23/h5-13,15,17,25,32H,14H2,1-4H3/t17-,25+/m0/s1. The second-order valence-corrected chi connectivity index (χ2v) is 11.1. The van der Waals surface area contributed by atoms with E-state index < -0.39 is 26.9 Å². The fourth-order valence-electron chi connectivity index (χ4n) is 4.33. The minimum Gasteiger partial charge on any atom is -0.494 e. The number of nitrogens with zero attached hydrogens (tertiary/aromatic N) is 5. The average molecular weight is 538 g/mol. The van der Waals surface area contributed by atoms with Gasteiger partial charge in [0.15, 0.2) is 21.4 Å². The molecule has 0 unspecified atom stereocenters. The number of sulfone groups is 1. The highest BCUT2D eigenvalue weighted by Crippen LogP contribution is 2.37. The number of methoxy groups -OCH3 is 2. The van der Waals surface area contributed by atoms with Crippen molar-refractivity contribution in [2.75, 3.05) is 14.2 Å². The average Bonchev–Trinajstić information content (AvgIpc) is 3.65. The summed E-state index contributed by atoms with van der Waals surface area (Å²) in [5, 5.41) is 18.4. The molecule has 2 atom stereocenters. The van der Waals surface area contributed by atoms with Gasteiger partial charge in [-0.2, -0.15) is 0 Å². The number of hydrogen-bond acceptors (Lipinski definition) is 9.